The molecule has 6 rings (SSSR count). The maximum atomic E-state index is 13.3. The van der Waals surface area contributed by atoms with Crippen molar-refractivity contribution in [2.45, 2.75) is 18.6 Å². The van der Waals surface area contributed by atoms with Crippen molar-refractivity contribution in [1.29, 1.82) is 0 Å². The fourth-order valence-corrected chi connectivity index (χ4v) is 5.34. The fraction of sp³-hybridized carbons (Fsp3) is 0.366. The van der Waals surface area contributed by atoms with E-state index in [-0.39, 0.29) is 52.9 Å². The monoisotopic (exact) mass is 760 g/mol. The molecule has 0 radical (unpaired) electrons. The average molecular weight is 761 g/mol. The molecule has 2 heterocycles. The summed E-state index contributed by atoms with van der Waals surface area (Å²) < 4.78 is 70.3. The zero-order chi connectivity index (χ0) is 37.9. The quantitative estimate of drug-likeness (QED) is 0.201. The van der Waals surface area contributed by atoms with Crippen LogP contribution < -0.4 is 37.9 Å². The van der Waals surface area contributed by atoms with Crippen molar-refractivity contribution in [3.05, 3.63) is 97.1 Å². The van der Waals surface area contributed by atoms with Crippen LogP contribution in [0.25, 0.3) is 0 Å². The summed E-state index contributed by atoms with van der Waals surface area (Å²) in [6.07, 6.45) is -2.58. The van der Waals surface area contributed by atoms with Gasteiger partial charge in [0.1, 0.15) is 59.3 Å². The molecule has 0 saturated carbocycles. The van der Waals surface area contributed by atoms with Crippen LogP contribution in [0.4, 0.5) is 0 Å². The van der Waals surface area contributed by atoms with E-state index in [1.54, 1.807) is 72.8 Å². The van der Waals surface area contributed by atoms with Crippen LogP contribution in [0.1, 0.15) is 6.42 Å². The van der Waals surface area contributed by atoms with E-state index in [1.807, 2.05) is 24.3 Å². The minimum absolute atomic E-state index is 0.111. The van der Waals surface area contributed by atoms with Crippen molar-refractivity contribution in [2.75, 3.05) is 79.3 Å². The van der Waals surface area contributed by atoms with E-state index >= 15 is 0 Å². The van der Waals surface area contributed by atoms with E-state index < -0.39 is 30.6 Å². The van der Waals surface area contributed by atoms with Crippen LogP contribution in [0.2, 0.25) is 0 Å². The zero-order valence-corrected chi connectivity index (χ0v) is 30.3. The van der Waals surface area contributed by atoms with E-state index in [2.05, 4.69) is 0 Å². The molecular weight excluding hydrogens is 716 g/mol. The molecule has 0 N–H and O–H groups in total. The number of ether oxygens (including phenoxy) is 12. The summed E-state index contributed by atoms with van der Waals surface area (Å²) in [5.41, 5.74) is 0. The molecule has 4 aromatic rings. The molecule has 2 aliphatic rings. The second-order valence-electron chi connectivity index (χ2n) is 12.1. The first kappa shape index (κ1) is 38.9. The molecule has 292 valence electrons. The SMILES string of the molecule is O=C(CC(=O)OC1COc2ccccc2OCCOCCOc2ccccc2OC1)OC1COc2ccccc2OCCOCCOc2ccccc2OC1. The predicted octanol–water partition coefficient (Wildman–Crippen LogP) is 5.09. The van der Waals surface area contributed by atoms with Crippen LogP contribution >= 0.6 is 0 Å². The highest BCUT2D eigenvalue weighted by molar-refractivity contribution is 5.91. The van der Waals surface area contributed by atoms with Gasteiger partial charge in [-0.15, -0.1) is 0 Å². The Morgan fingerprint density at radius 1 is 0.382 bits per heavy atom. The summed E-state index contributed by atoms with van der Waals surface area (Å²) in [5.74, 6) is 2.01. The van der Waals surface area contributed by atoms with Gasteiger partial charge in [-0.2, -0.15) is 0 Å². The molecular formula is C41H44O14. The van der Waals surface area contributed by atoms with E-state index in [4.69, 9.17) is 56.8 Å². The maximum absolute atomic E-state index is 13.3. The third-order valence-corrected chi connectivity index (χ3v) is 7.92. The van der Waals surface area contributed by atoms with Gasteiger partial charge in [0, 0.05) is 0 Å². The molecule has 14 nitrogen and oxygen atoms in total. The first-order valence-corrected chi connectivity index (χ1v) is 18.0. The first-order valence-electron chi connectivity index (χ1n) is 18.0. The summed E-state index contributed by atoms with van der Waals surface area (Å²) in [5, 5.41) is 0. The van der Waals surface area contributed by atoms with Gasteiger partial charge in [-0.25, -0.2) is 0 Å². The number of hydrogen-bond acceptors (Lipinski definition) is 14. The van der Waals surface area contributed by atoms with Crippen molar-refractivity contribution < 1.29 is 66.4 Å². The number of carbonyl (C=O) groups excluding carboxylic acids is 2. The van der Waals surface area contributed by atoms with Gasteiger partial charge in [-0.05, 0) is 48.5 Å². The van der Waals surface area contributed by atoms with Gasteiger partial charge in [-0.3, -0.25) is 9.59 Å². The van der Waals surface area contributed by atoms with Crippen LogP contribution in [0.3, 0.4) is 0 Å². The number of para-hydroxylation sites is 8. The Morgan fingerprint density at radius 3 is 0.873 bits per heavy atom. The zero-order valence-electron chi connectivity index (χ0n) is 30.3. The van der Waals surface area contributed by atoms with Gasteiger partial charge in [0.05, 0.1) is 26.4 Å². The van der Waals surface area contributed by atoms with Gasteiger partial charge < -0.3 is 56.8 Å². The maximum Gasteiger partial charge on any atom is 0.317 e. The largest absolute Gasteiger partial charge is 0.487 e. The average Bonchev–Trinajstić information content (AvgIpc) is 3.20. The van der Waals surface area contributed by atoms with Crippen molar-refractivity contribution in [3.63, 3.8) is 0 Å². The molecule has 0 saturated heterocycles. The fourth-order valence-electron chi connectivity index (χ4n) is 5.34. The van der Waals surface area contributed by atoms with Gasteiger partial charge in [0.15, 0.2) is 58.2 Å². The summed E-state index contributed by atoms with van der Waals surface area (Å²) >= 11 is 0. The third-order valence-electron chi connectivity index (χ3n) is 7.92. The smallest absolute Gasteiger partial charge is 0.317 e. The Kier molecular flexibility index (Phi) is 14.9. The predicted molar refractivity (Wildman–Crippen MR) is 196 cm³/mol. The number of rotatable bonds is 4. The number of benzene rings is 4. The van der Waals surface area contributed by atoms with Crippen molar-refractivity contribution in [2.24, 2.45) is 0 Å². The molecule has 0 bridgehead atoms. The molecule has 55 heavy (non-hydrogen) atoms. The lowest BCUT2D eigenvalue weighted by atomic mass is 10.3. The molecule has 0 spiro atoms. The second kappa shape index (κ2) is 21.1. The minimum atomic E-state index is -0.939. The van der Waals surface area contributed by atoms with Gasteiger partial charge in [0.25, 0.3) is 0 Å². The Morgan fingerprint density at radius 2 is 0.618 bits per heavy atom. The Hall–Kier alpha value is -5.86. The Bertz CT molecular complexity index is 1560. The van der Waals surface area contributed by atoms with Gasteiger partial charge in [-0.1, -0.05) is 48.5 Å². The Balaban J connectivity index is 1.12. The first-order chi connectivity index (χ1) is 27.1. The molecule has 0 aromatic heterocycles. The van der Waals surface area contributed by atoms with E-state index in [0.29, 0.717) is 72.4 Å². The number of carbonyl (C=O) groups is 2. The summed E-state index contributed by atoms with van der Waals surface area (Å²) in [6, 6.07) is 28.5. The van der Waals surface area contributed by atoms with Crippen molar-refractivity contribution >= 4 is 11.9 Å². The molecule has 0 fully saturated rings. The highest BCUT2D eigenvalue weighted by Gasteiger charge is 2.25. The lowest BCUT2D eigenvalue weighted by molar-refractivity contribution is -0.163. The van der Waals surface area contributed by atoms with Crippen LogP contribution in [0.15, 0.2) is 97.1 Å². The normalized spacial score (nSPS) is 16.6. The minimum Gasteiger partial charge on any atom is -0.487 e. The highest BCUT2D eigenvalue weighted by atomic mass is 16.6. The van der Waals surface area contributed by atoms with Gasteiger partial charge in [0.2, 0.25) is 0 Å². The number of fused-ring (bicyclic) bond motifs is 4. The third kappa shape index (κ3) is 12.6. The number of esters is 2. The molecule has 14 heteroatoms. The summed E-state index contributed by atoms with van der Waals surface area (Å²) in [6.45, 7) is 2.05. The molecule has 4 aromatic carbocycles. The molecule has 0 aliphatic carbocycles. The van der Waals surface area contributed by atoms with Crippen LogP contribution in [-0.2, 0) is 28.5 Å². The lowest BCUT2D eigenvalue weighted by Gasteiger charge is -2.22. The van der Waals surface area contributed by atoms with Crippen LogP contribution in [0, 0.1) is 0 Å². The van der Waals surface area contributed by atoms with Crippen LogP contribution in [0.5, 0.6) is 46.0 Å². The van der Waals surface area contributed by atoms with E-state index in [9.17, 15) is 9.59 Å². The van der Waals surface area contributed by atoms with Gasteiger partial charge >= 0.3 is 11.9 Å². The molecule has 0 unspecified atom stereocenters. The number of hydrogen-bond donors (Lipinski definition) is 0. The van der Waals surface area contributed by atoms with Crippen LogP contribution in [-0.4, -0.2) is 103 Å². The molecule has 2 aliphatic heterocycles. The summed E-state index contributed by atoms with van der Waals surface area (Å²) in [4.78, 5) is 26.6. The van der Waals surface area contributed by atoms with Crippen molar-refractivity contribution in [3.8, 4) is 46.0 Å². The standard InChI is InChI=1S/C41H44O14/c42-40(54-30-26-50-36-13-5-1-9-32(36)46-21-17-44-18-22-47-33-10-2-6-14-37(33)51-27-30)25-41(43)55-31-28-52-38-15-7-3-11-34(38)48-23-19-45-20-24-49-35-12-4-8-16-39(35)53-29-31/h1-16,30-31H,17-29H2. The lowest BCUT2D eigenvalue weighted by Crippen LogP contribution is -2.34. The topological polar surface area (TPSA) is 145 Å². The van der Waals surface area contributed by atoms with E-state index in [1.165, 1.54) is 0 Å². The highest BCUT2D eigenvalue weighted by Crippen LogP contribution is 2.30. The molecule has 0 amide bonds. The molecule has 0 atom stereocenters. The second-order valence-corrected chi connectivity index (χ2v) is 12.1. The summed E-state index contributed by atoms with van der Waals surface area (Å²) in [7, 11) is 0. The van der Waals surface area contributed by atoms with E-state index in [0.717, 1.165) is 0 Å². The Labute approximate surface area is 318 Å². The van der Waals surface area contributed by atoms with Crippen molar-refractivity contribution in [1.82, 2.24) is 0 Å².